The van der Waals surface area contributed by atoms with Crippen LogP contribution in [-0.2, 0) is 6.54 Å². The Bertz CT molecular complexity index is 1470. The van der Waals surface area contributed by atoms with Gasteiger partial charge in [-0.15, -0.1) is 0 Å². The second-order valence-electron chi connectivity index (χ2n) is 6.71. The van der Waals surface area contributed by atoms with Gasteiger partial charge in [0.15, 0.2) is 23.7 Å². The van der Waals surface area contributed by atoms with Crippen molar-refractivity contribution in [3.63, 3.8) is 0 Å². The number of anilines is 2. The molecule has 0 saturated carbocycles. The fourth-order valence-electron chi connectivity index (χ4n) is 2.99. The lowest BCUT2D eigenvalue weighted by Crippen LogP contribution is -2.14. The molecular formula is C21H13IN8O3. The van der Waals surface area contributed by atoms with Crippen molar-refractivity contribution in [1.82, 2.24) is 29.9 Å². The highest BCUT2D eigenvalue weighted by atomic mass is 127. The molecule has 12 heteroatoms. The van der Waals surface area contributed by atoms with E-state index in [2.05, 4.69) is 64.6 Å². The molecule has 0 saturated heterocycles. The molecule has 3 N–H and O–H groups in total. The summed E-state index contributed by atoms with van der Waals surface area (Å²) in [7, 11) is 0. The Kier molecular flexibility index (Phi) is 5.45. The van der Waals surface area contributed by atoms with E-state index in [9.17, 15) is 4.79 Å². The maximum Gasteiger partial charge on any atom is 0.277 e. The highest BCUT2D eigenvalue weighted by molar-refractivity contribution is 14.1. The average Bonchev–Trinajstić information content (AvgIpc) is 3.58. The minimum atomic E-state index is -0.491. The number of oxazole rings is 1. The third-order valence-electron chi connectivity index (χ3n) is 4.57. The van der Waals surface area contributed by atoms with Gasteiger partial charge in [-0.2, -0.15) is 5.10 Å². The zero-order valence-electron chi connectivity index (χ0n) is 16.7. The Labute approximate surface area is 199 Å². The molecule has 1 aliphatic rings. The molecule has 11 nitrogen and oxygen atoms in total. The number of nitrogens with zero attached hydrogens (tertiary/aromatic N) is 6. The number of allylic oxidation sites excluding steroid dienone is 4. The van der Waals surface area contributed by atoms with Crippen molar-refractivity contribution in [2.24, 2.45) is 0 Å². The molecule has 0 atom stereocenters. The SMILES string of the molecule is Nc1nc(-c2cc(-c3ccon3)n(CC3=C=C=CC=C3I)n2)ncc1NC(=O)c1cocn1. The molecule has 0 radical (unpaired) electrons. The highest BCUT2D eigenvalue weighted by Gasteiger charge is 2.19. The monoisotopic (exact) mass is 552 g/mol. The highest BCUT2D eigenvalue weighted by Crippen LogP contribution is 2.28. The van der Waals surface area contributed by atoms with Crippen molar-refractivity contribution in [2.75, 3.05) is 11.1 Å². The number of halogens is 1. The summed E-state index contributed by atoms with van der Waals surface area (Å²) in [5.74, 6) is -0.126. The number of rotatable bonds is 6. The van der Waals surface area contributed by atoms with Gasteiger partial charge in [0.1, 0.15) is 29.6 Å². The van der Waals surface area contributed by atoms with Crippen molar-refractivity contribution >= 4 is 40.0 Å². The number of aromatic nitrogens is 6. The molecule has 1 aliphatic carbocycles. The predicted molar refractivity (Wildman–Crippen MR) is 125 cm³/mol. The van der Waals surface area contributed by atoms with Gasteiger partial charge in [0.25, 0.3) is 5.91 Å². The van der Waals surface area contributed by atoms with Gasteiger partial charge in [0, 0.05) is 15.2 Å². The Morgan fingerprint density at radius 1 is 1.30 bits per heavy atom. The van der Waals surface area contributed by atoms with Gasteiger partial charge in [0.05, 0.1) is 18.4 Å². The summed E-state index contributed by atoms with van der Waals surface area (Å²) in [6.45, 7) is 0.430. The maximum atomic E-state index is 12.2. The van der Waals surface area contributed by atoms with Crippen LogP contribution >= 0.6 is 22.6 Å². The van der Waals surface area contributed by atoms with E-state index in [1.54, 1.807) is 22.9 Å². The van der Waals surface area contributed by atoms with Gasteiger partial charge in [0.2, 0.25) is 0 Å². The van der Waals surface area contributed by atoms with E-state index >= 15 is 0 Å². The van der Waals surface area contributed by atoms with Gasteiger partial charge in [-0.05, 0) is 40.8 Å². The number of carbonyl (C=O) groups is 1. The molecule has 4 aromatic rings. The second kappa shape index (κ2) is 8.71. The predicted octanol–water partition coefficient (Wildman–Crippen LogP) is 3.39. The van der Waals surface area contributed by atoms with Gasteiger partial charge < -0.3 is 20.0 Å². The summed E-state index contributed by atoms with van der Waals surface area (Å²) in [4.78, 5) is 24.6. The quantitative estimate of drug-likeness (QED) is 0.271. The number of nitrogen functional groups attached to an aromatic ring is 1. The topological polar surface area (TPSA) is 151 Å². The van der Waals surface area contributed by atoms with Crippen molar-refractivity contribution in [2.45, 2.75) is 6.54 Å². The van der Waals surface area contributed by atoms with Crippen LogP contribution in [0.15, 0.2) is 79.0 Å². The van der Waals surface area contributed by atoms with Crippen molar-refractivity contribution < 1.29 is 13.7 Å². The Balaban J connectivity index is 1.47. The van der Waals surface area contributed by atoms with Crippen LogP contribution in [0.4, 0.5) is 11.5 Å². The summed E-state index contributed by atoms with van der Waals surface area (Å²) in [6.07, 6.45) is 9.03. The van der Waals surface area contributed by atoms with Crippen LogP contribution in [0.1, 0.15) is 10.5 Å². The summed E-state index contributed by atoms with van der Waals surface area (Å²) in [5.41, 5.74) is 15.2. The van der Waals surface area contributed by atoms with Crippen molar-refractivity contribution in [3.8, 4) is 22.9 Å². The van der Waals surface area contributed by atoms with E-state index < -0.39 is 5.91 Å². The molecule has 5 rings (SSSR count). The lowest BCUT2D eigenvalue weighted by atomic mass is 10.2. The van der Waals surface area contributed by atoms with Crippen LogP contribution in [0.25, 0.3) is 22.9 Å². The van der Waals surface area contributed by atoms with Gasteiger partial charge in [-0.1, -0.05) is 16.6 Å². The van der Waals surface area contributed by atoms with Crippen molar-refractivity contribution in [1.29, 1.82) is 0 Å². The Morgan fingerprint density at radius 3 is 2.94 bits per heavy atom. The van der Waals surface area contributed by atoms with Crippen LogP contribution in [0.5, 0.6) is 0 Å². The number of hydrogen-bond donors (Lipinski definition) is 2. The van der Waals surface area contributed by atoms with E-state index in [1.165, 1.54) is 18.7 Å². The summed E-state index contributed by atoms with van der Waals surface area (Å²) < 4.78 is 12.6. The first-order valence-electron chi connectivity index (χ1n) is 9.46. The largest absolute Gasteiger partial charge is 0.451 e. The summed E-state index contributed by atoms with van der Waals surface area (Å²) in [6, 6.07) is 3.53. The normalized spacial score (nSPS) is 12.5. The van der Waals surface area contributed by atoms with E-state index in [0.717, 1.165) is 15.5 Å². The third kappa shape index (κ3) is 4.26. The summed E-state index contributed by atoms with van der Waals surface area (Å²) in [5, 5.41) is 11.3. The zero-order chi connectivity index (χ0) is 22.8. The van der Waals surface area contributed by atoms with Crippen LogP contribution < -0.4 is 11.1 Å². The molecule has 0 aliphatic heterocycles. The molecule has 0 spiro atoms. The standard InChI is InChI=1S/C21H13IN8O3/c22-13-4-2-1-3-12(13)9-30-18(14-5-6-33-29-14)7-15(28-30)20-24-8-16(19(23)27-20)26-21(31)17-10-32-11-25-17/h2,4-8,10-11H,9H2,(H,26,31)(H2,23,24,27). The van der Waals surface area contributed by atoms with E-state index in [1.807, 2.05) is 6.08 Å². The molecule has 1 amide bonds. The Morgan fingerprint density at radius 2 is 2.21 bits per heavy atom. The Hall–Kier alpha value is -4.25. The molecule has 162 valence electrons. The first kappa shape index (κ1) is 20.6. The molecule has 0 unspecified atom stereocenters. The van der Waals surface area contributed by atoms with Crippen LogP contribution in [0.2, 0.25) is 0 Å². The lowest BCUT2D eigenvalue weighted by molar-refractivity contribution is 0.102. The number of nitrogens with two attached hydrogens (primary N) is 1. The molecule has 33 heavy (non-hydrogen) atoms. The first-order valence-corrected chi connectivity index (χ1v) is 10.5. The average molecular weight is 552 g/mol. The van der Waals surface area contributed by atoms with Crippen LogP contribution in [0.3, 0.4) is 0 Å². The summed E-state index contributed by atoms with van der Waals surface area (Å²) >= 11 is 2.24. The molecule has 0 fully saturated rings. The first-order chi connectivity index (χ1) is 16.1. The molecular weight excluding hydrogens is 539 g/mol. The molecule has 0 bridgehead atoms. The van der Waals surface area contributed by atoms with Gasteiger partial charge in [-0.25, -0.2) is 15.0 Å². The second-order valence-corrected chi connectivity index (χ2v) is 7.87. The van der Waals surface area contributed by atoms with Crippen LogP contribution in [-0.4, -0.2) is 35.8 Å². The minimum absolute atomic E-state index is 0.0786. The van der Waals surface area contributed by atoms with Crippen LogP contribution in [0, 0.1) is 0 Å². The van der Waals surface area contributed by atoms with E-state index in [0.29, 0.717) is 23.6 Å². The fourth-order valence-corrected chi connectivity index (χ4v) is 3.48. The van der Waals surface area contributed by atoms with E-state index in [-0.39, 0.29) is 23.0 Å². The molecule has 4 aromatic heterocycles. The van der Waals surface area contributed by atoms with Crippen molar-refractivity contribution in [3.05, 3.63) is 75.7 Å². The number of amides is 1. The maximum absolute atomic E-state index is 12.2. The number of nitrogens with one attached hydrogen (secondary N) is 1. The lowest BCUT2D eigenvalue weighted by Gasteiger charge is -2.08. The smallest absolute Gasteiger partial charge is 0.277 e. The van der Waals surface area contributed by atoms with Gasteiger partial charge >= 0.3 is 0 Å². The molecule has 4 heterocycles. The minimum Gasteiger partial charge on any atom is -0.451 e. The van der Waals surface area contributed by atoms with E-state index in [4.69, 9.17) is 14.7 Å². The number of hydrogen-bond acceptors (Lipinski definition) is 9. The number of carbonyl (C=O) groups excluding carboxylic acids is 1. The fraction of sp³-hybridized carbons (Fsp3) is 0.0476. The van der Waals surface area contributed by atoms with Gasteiger partial charge in [-0.3, -0.25) is 9.48 Å². The zero-order valence-corrected chi connectivity index (χ0v) is 18.8. The third-order valence-corrected chi connectivity index (χ3v) is 5.58. The molecule has 0 aromatic carbocycles.